The summed E-state index contributed by atoms with van der Waals surface area (Å²) >= 11 is 0. The van der Waals surface area contributed by atoms with Crippen LogP contribution in [0.2, 0.25) is 0 Å². The molecule has 3 rings (SSSR count). The van der Waals surface area contributed by atoms with Crippen LogP contribution in [0.15, 0.2) is 65.6 Å². The number of aromatic nitrogens is 2. The molecular weight excluding hydrogens is 308 g/mol. The fourth-order valence-electron chi connectivity index (χ4n) is 2.45. The van der Waals surface area contributed by atoms with Crippen molar-refractivity contribution in [1.29, 1.82) is 0 Å². The lowest BCUT2D eigenvalue weighted by Crippen LogP contribution is -2.23. The van der Waals surface area contributed by atoms with Crippen molar-refractivity contribution in [3.8, 4) is 16.9 Å². The molecule has 0 spiro atoms. The van der Waals surface area contributed by atoms with Crippen molar-refractivity contribution >= 4 is 5.97 Å². The molecule has 3 aromatic rings. The van der Waals surface area contributed by atoms with Crippen LogP contribution in [0.5, 0.6) is 5.75 Å². The third-order valence-electron chi connectivity index (χ3n) is 3.64. The van der Waals surface area contributed by atoms with Gasteiger partial charge in [0.1, 0.15) is 0 Å². The van der Waals surface area contributed by atoms with Gasteiger partial charge >= 0.3 is 11.5 Å². The second-order valence-corrected chi connectivity index (χ2v) is 5.21. The molecule has 6 nitrogen and oxygen atoms in total. The van der Waals surface area contributed by atoms with Gasteiger partial charge in [0.05, 0.1) is 23.9 Å². The first-order chi connectivity index (χ1) is 11.6. The molecule has 0 amide bonds. The van der Waals surface area contributed by atoms with Gasteiger partial charge in [0.25, 0.3) is 0 Å². The Morgan fingerprint density at radius 3 is 2.38 bits per heavy atom. The number of carbonyl (C=O) groups is 1. The Labute approximate surface area is 137 Å². The van der Waals surface area contributed by atoms with Gasteiger partial charge in [-0.05, 0) is 11.6 Å². The summed E-state index contributed by atoms with van der Waals surface area (Å²) in [5.41, 5.74) is 0.540. The topological polar surface area (TPSA) is 92.4 Å². The molecule has 1 heterocycles. The lowest BCUT2D eigenvalue weighted by Gasteiger charge is -2.10. The lowest BCUT2D eigenvalue weighted by molar-refractivity contribution is 0.0697. The van der Waals surface area contributed by atoms with Gasteiger partial charge in [-0.2, -0.15) is 5.10 Å². The number of benzene rings is 2. The van der Waals surface area contributed by atoms with E-state index in [0.29, 0.717) is 0 Å². The predicted octanol–water partition coefficient (Wildman–Crippen LogP) is 2.36. The first-order valence-corrected chi connectivity index (χ1v) is 7.23. The molecular formula is C18H14N2O4. The van der Waals surface area contributed by atoms with Crippen molar-refractivity contribution in [1.82, 2.24) is 9.78 Å². The van der Waals surface area contributed by atoms with Gasteiger partial charge in [0.2, 0.25) is 0 Å². The summed E-state index contributed by atoms with van der Waals surface area (Å²) < 4.78 is 1.14. The van der Waals surface area contributed by atoms with Gasteiger partial charge in [-0.15, -0.1) is 0 Å². The highest BCUT2D eigenvalue weighted by atomic mass is 16.4. The summed E-state index contributed by atoms with van der Waals surface area (Å²) in [5.74, 6) is -1.66. The van der Waals surface area contributed by atoms with Crippen LogP contribution in [0.1, 0.15) is 15.9 Å². The molecule has 0 saturated carbocycles. The highest BCUT2D eigenvalue weighted by Gasteiger charge is 2.17. The molecule has 24 heavy (non-hydrogen) atoms. The van der Waals surface area contributed by atoms with E-state index < -0.39 is 17.3 Å². The van der Waals surface area contributed by atoms with Crippen LogP contribution in [0, 0.1) is 0 Å². The zero-order chi connectivity index (χ0) is 17.1. The molecule has 0 unspecified atom stereocenters. The zero-order valence-electron chi connectivity index (χ0n) is 12.6. The van der Waals surface area contributed by atoms with Crippen molar-refractivity contribution in [2.24, 2.45) is 0 Å². The maximum atomic E-state index is 12.4. The summed E-state index contributed by atoms with van der Waals surface area (Å²) in [4.78, 5) is 23.7. The van der Waals surface area contributed by atoms with Crippen molar-refractivity contribution < 1.29 is 15.0 Å². The molecule has 6 heteroatoms. The largest absolute Gasteiger partial charge is 0.503 e. The van der Waals surface area contributed by atoms with E-state index in [1.165, 1.54) is 18.3 Å². The molecule has 2 aromatic carbocycles. The standard InChI is InChI=1S/C18H14N2O4/c21-16-15(13-8-4-5-9-14(13)18(23)24)10-19-20(17(16)22)11-12-6-2-1-3-7-12/h1-10,21H,11H2,(H,23,24). The normalized spacial score (nSPS) is 10.5. The fourth-order valence-corrected chi connectivity index (χ4v) is 2.45. The number of carboxylic acid groups (broad SMARTS) is 1. The summed E-state index contributed by atoms with van der Waals surface area (Å²) in [6, 6.07) is 15.4. The minimum atomic E-state index is -1.14. The molecule has 2 N–H and O–H groups in total. The van der Waals surface area contributed by atoms with E-state index in [-0.39, 0.29) is 23.2 Å². The Kier molecular flexibility index (Phi) is 4.11. The van der Waals surface area contributed by atoms with E-state index in [1.807, 2.05) is 30.3 Å². The second kappa shape index (κ2) is 6.37. The Morgan fingerprint density at radius 2 is 1.67 bits per heavy atom. The molecule has 0 aliphatic heterocycles. The molecule has 0 fully saturated rings. The molecule has 120 valence electrons. The summed E-state index contributed by atoms with van der Waals surface area (Å²) in [5, 5.41) is 23.6. The number of aromatic carboxylic acids is 1. The van der Waals surface area contributed by atoms with E-state index in [9.17, 15) is 19.8 Å². The minimum absolute atomic E-state index is 0.00481. The van der Waals surface area contributed by atoms with Gasteiger partial charge in [-0.25, -0.2) is 9.48 Å². The van der Waals surface area contributed by atoms with Gasteiger partial charge in [-0.1, -0.05) is 48.5 Å². The summed E-state index contributed by atoms with van der Waals surface area (Å²) in [6.45, 7) is 0.216. The molecule has 0 aliphatic carbocycles. The van der Waals surface area contributed by atoms with Gasteiger partial charge in [0.15, 0.2) is 5.75 Å². The second-order valence-electron chi connectivity index (χ2n) is 5.21. The third-order valence-corrected chi connectivity index (χ3v) is 3.64. The average molecular weight is 322 g/mol. The van der Waals surface area contributed by atoms with Crippen LogP contribution < -0.4 is 5.56 Å². The molecule has 0 saturated heterocycles. The minimum Gasteiger partial charge on any atom is -0.503 e. The Balaban J connectivity index is 2.06. The summed E-state index contributed by atoms with van der Waals surface area (Å²) in [7, 11) is 0. The summed E-state index contributed by atoms with van der Waals surface area (Å²) in [6.07, 6.45) is 1.31. The molecule has 0 atom stereocenters. The first kappa shape index (κ1) is 15.5. The van der Waals surface area contributed by atoms with Gasteiger partial charge < -0.3 is 10.2 Å². The Morgan fingerprint density at radius 1 is 1.00 bits per heavy atom. The van der Waals surface area contributed by atoms with Crippen molar-refractivity contribution in [3.05, 3.63) is 82.3 Å². The molecule has 1 aromatic heterocycles. The molecule has 0 radical (unpaired) electrons. The number of nitrogens with zero attached hydrogens (tertiary/aromatic N) is 2. The molecule has 0 bridgehead atoms. The van der Waals surface area contributed by atoms with E-state index in [4.69, 9.17) is 0 Å². The quantitative estimate of drug-likeness (QED) is 0.769. The number of hydrogen-bond acceptors (Lipinski definition) is 4. The molecule has 0 aliphatic rings. The van der Waals surface area contributed by atoms with E-state index in [0.717, 1.165) is 10.2 Å². The van der Waals surface area contributed by atoms with Crippen LogP contribution in [-0.2, 0) is 6.54 Å². The number of aromatic hydroxyl groups is 1. The van der Waals surface area contributed by atoms with Crippen LogP contribution in [-0.4, -0.2) is 26.0 Å². The van der Waals surface area contributed by atoms with E-state index in [2.05, 4.69) is 5.10 Å². The number of rotatable bonds is 4. The Hall–Kier alpha value is -3.41. The predicted molar refractivity (Wildman–Crippen MR) is 88.1 cm³/mol. The highest BCUT2D eigenvalue weighted by Crippen LogP contribution is 2.28. The highest BCUT2D eigenvalue weighted by molar-refractivity contribution is 5.96. The van der Waals surface area contributed by atoms with Crippen molar-refractivity contribution in [3.63, 3.8) is 0 Å². The van der Waals surface area contributed by atoms with Crippen molar-refractivity contribution in [2.45, 2.75) is 6.54 Å². The van der Waals surface area contributed by atoms with Crippen LogP contribution in [0.25, 0.3) is 11.1 Å². The van der Waals surface area contributed by atoms with Crippen LogP contribution in [0.3, 0.4) is 0 Å². The average Bonchev–Trinajstić information content (AvgIpc) is 2.60. The zero-order valence-corrected chi connectivity index (χ0v) is 12.6. The van der Waals surface area contributed by atoms with E-state index in [1.54, 1.807) is 12.1 Å². The first-order valence-electron chi connectivity index (χ1n) is 7.23. The number of hydrogen-bond donors (Lipinski definition) is 2. The SMILES string of the molecule is O=C(O)c1ccccc1-c1cnn(Cc2ccccc2)c(=O)c1O. The van der Waals surface area contributed by atoms with Crippen LogP contribution in [0.4, 0.5) is 0 Å². The smallest absolute Gasteiger partial charge is 0.336 e. The maximum absolute atomic E-state index is 12.4. The van der Waals surface area contributed by atoms with Crippen LogP contribution >= 0.6 is 0 Å². The monoisotopic (exact) mass is 322 g/mol. The lowest BCUT2D eigenvalue weighted by atomic mass is 10.0. The van der Waals surface area contributed by atoms with Gasteiger partial charge in [0, 0.05) is 5.56 Å². The maximum Gasteiger partial charge on any atom is 0.336 e. The van der Waals surface area contributed by atoms with E-state index >= 15 is 0 Å². The Bertz CT molecular complexity index is 949. The van der Waals surface area contributed by atoms with Crippen molar-refractivity contribution in [2.75, 3.05) is 0 Å². The third kappa shape index (κ3) is 2.89. The fraction of sp³-hybridized carbons (Fsp3) is 0.0556. The number of carboxylic acids is 1. The van der Waals surface area contributed by atoms with Gasteiger partial charge in [-0.3, -0.25) is 4.79 Å².